The van der Waals surface area contributed by atoms with Gasteiger partial charge in [0, 0.05) is 19.6 Å². The molecular weight excluding hydrogens is 368 g/mol. The van der Waals surface area contributed by atoms with Gasteiger partial charge in [0.15, 0.2) is 0 Å². The molecule has 1 N–H and O–H groups in total. The lowest BCUT2D eigenvalue weighted by atomic mass is 10.2. The summed E-state index contributed by atoms with van der Waals surface area (Å²) < 4.78 is 2.34. The molecule has 0 aromatic carbocycles. The third-order valence-electron chi connectivity index (χ3n) is 4.17. The highest BCUT2D eigenvalue weighted by atomic mass is 79.9. The number of aryl methyl sites for hydroxylation is 1. The van der Waals surface area contributed by atoms with Gasteiger partial charge in [0.1, 0.15) is 5.69 Å². The number of unbranched alkanes of at least 4 members (excludes halogenated alkanes) is 4. The van der Waals surface area contributed by atoms with Crippen LogP contribution in [0.3, 0.4) is 0 Å². The predicted molar refractivity (Wildman–Crippen MR) is 103 cm³/mol. The molecule has 1 heterocycles. The smallest absolute Gasteiger partial charge is 0.270 e. The molecule has 24 heavy (non-hydrogen) atoms. The van der Waals surface area contributed by atoms with Gasteiger partial charge in [-0.25, -0.2) is 0 Å². The van der Waals surface area contributed by atoms with E-state index in [1.807, 2.05) is 0 Å². The zero-order valence-corrected chi connectivity index (χ0v) is 17.2. The first-order chi connectivity index (χ1) is 11.5. The molecule has 0 aliphatic carbocycles. The summed E-state index contributed by atoms with van der Waals surface area (Å²) in [6, 6.07) is 0.113. The third kappa shape index (κ3) is 7.34. The Morgan fingerprint density at radius 1 is 1.25 bits per heavy atom. The summed E-state index contributed by atoms with van der Waals surface area (Å²) in [5, 5.41) is 7.21. The molecule has 1 aromatic rings. The van der Waals surface area contributed by atoms with Crippen LogP contribution in [0.25, 0.3) is 0 Å². The van der Waals surface area contributed by atoms with Crippen molar-refractivity contribution >= 4 is 21.8 Å². The topological polar surface area (TPSA) is 50.2 Å². The normalized spacial score (nSPS) is 12.6. The Kier molecular flexibility index (Phi) is 10.3. The first-order valence-corrected chi connectivity index (χ1v) is 9.99. The minimum atomic E-state index is -0.0727. The number of carbonyl (C=O) groups is 1. The zero-order valence-electron chi connectivity index (χ0n) is 15.6. The van der Waals surface area contributed by atoms with Gasteiger partial charge in [-0.15, -0.1) is 0 Å². The van der Waals surface area contributed by atoms with Crippen molar-refractivity contribution in [3.05, 3.63) is 16.4 Å². The van der Waals surface area contributed by atoms with E-state index in [9.17, 15) is 4.79 Å². The molecule has 0 aliphatic rings. The van der Waals surface area contributed by atoms with Gasteiger partial charge in [-0.2, -0.15) is 5.10 Å². The number of aromatic nitrogens is 2. The van der Waals surface area contributed by atoms with Crippen LogP contribution in [0.5, 0.6) is 0 Å². The number of carbonyl (C=O) groups excluding carboxylic acids is 1. The summed E-state index contributed by atoms with van der Waals surface area (Å²) in [5.74, 6) is -0.0727. The summed E-state index contributed by atoms with van der Waals surface area (Å²) in [6.07, 6.45) is 9.14. The van der Waals surface area contributed by atoms with Gasteiger partial charge in [0.2, 0.25) is 0 Å². The van der Waals surface area contributed by atoms with E-state index in [2.05, 4.69) is 52.0 Å². The van der Waals surface area contributed by atoms with Gasteiger partial charge in [-0.3, -0.25) is 9.48 Å². The lowest BCUT2D eigenvalue weighted by Gasteiger charge is -2.26. The average Bonchev–Trinajstić information content (AvgIpc) is 2.86. The molecule has 0 aliphatic heterocycles. The van der Waals surface area contributed by atoms with Crippen LogP contribution in [0, 0.1) is 0 Å². The second-order valence-corrected chi connectivity index (χ2v) is 7.41. The highest BCUT2D eigenvalue weighted by molar-refractivity contribution is 9.10. The van der Waals surface area contributed by atoms with Crippen LogP contribution in [-0.4, -0.2) is 46.3 Å². The molecule has 0 saturated heterocycles. The minimum absolute atomic E-state index is 0.0727. The predicted octanol–water partition coefficient (Wildman–Crippen LogP) is 3.98. The molecule has 138 valence electrons. The molecule has 0 fully saturated rings. The Morgan fingerprint density at radius 3 is 2.29 bits per heavy atom. The fourth-order valence-electron chi connectivity index (χ4n) is 2.86. The molecule has 6 heteroatoms. The van der Waals surface area contributed by atoms with Gasteiger partial charge >= 0.3 is 0 Å². The zero-order chi connectivity index (χ0) is 17.9. The van der Waals surface area contributed by atoms with E-state index in [4.69, 9.17) is 0 Å². The summed E-state index contributed by atoms with van der Waals surface area (Å²) in [5.41, 5.74) is 0.574. The van der Waals surface area contributed by atoms with E-state index in [1.165, 1.54) is 38.5 Å². The van der Waals surface area contributed by atoms with E-state index in [0.29, 0.717) is 5.69 Å². The van der Waals surface area contributed by atoms with Crippen molar-refractivity contribution in [2.45, 2.75) is 65.3 Å². The Labute approximate surface area is 155 Å². The van der Waals surface area contributed by atoms with Crippen molar-refractivity contribution in [3.8, 4) is 0 Å². The van der Waals surface area contributed by atoms with Crippen LogP contribution < -0.4 is 5.32 Å². The fraction of sp³-hybridized carbons (Fsp3) is 0.778. The van der Waals surface area contributed by atoms with Crippen LogP contribution in [0.4, 0.5) is 0 Å². The van der Waals surface area contributed by atoms with E-state index in [1.54, 1.807) is 17.9 Å². The third-order valence-corrected chi connectivity index (χ3v) is 4.75. The highest BCUT2D eigenvalue weighted by Gasteiger charge is 2.18. The van der Waals surface area contributed by atoms with Crippen LogP contribution in [-0.2, 0) is 7.05 Å². The summed E-state index contributed by atoms with van der Waals surface area (Å²) >= 11 is 3.39. The quantitative estimate of drug-likeness (QED) is 0.539. The summed E-state index contributed by atoms with van der Waals surface area (Å²) in [4.78, 5) is 14.9. The second-order valence-electron chi connectivity index (χ2n) is 6.55. The van der Waals surface area contributed by atoms with E-state index < -0.39 is 0 Å². The van der Waals surface area contributed by atoms with Crippen molar-refractivity contribution in [2.24, 2.45) is 7.05 Å². The number of hydrogen-bond donors (Lipinski definition) is 1. The molecule has 1 unspecified atom stereocenters. The van der Waals surface area contributed by atoms with Crippen LogP contribution in [0.1, 0.15) is 69.8 Å². The number of nitrogens with one attached hydrogen (secondary N) is 1. The molecule has 0 saturated carbocycles. The maximum atomic E-state index is 12.4. The number of amides is 1. The van der Waals surface area contributed by atoms with Crippen LogP contribution >= 0.6 is 15.9 Å². The van der Waals surface area contributed by atoms with E-state index in [0.717, 1.165) is 24.1 Å². The Morgan fingerprint density at radius 2 is 1.83 bits per heavy atom. The highest BCUT2D eigenvalue weighted by Crippen LogP contribution is 2.15. The average molecular weight is 401 g/mol. The second kappa shape index (κ2) is 11.6. The van der Waals surface area contributed by atoms with Gasteiger partial charge < -0.3 is 10.2 Å². The van der Waals surface area contributed by atoms with Crippen LogP contribution in [0.2, 0.25) is 0 Å². The van der Waals surface area contributed by atoms with Gasteiger partial charge in [0.05, 0.1) is 10.7 Å². The van der Waals surface area contributed by atoms with Crippen molar-refractivity contribution in [1.29, 1.82) is 0 Å². The number of rotatable bonds is 12. The Balaban J connectivity index is 2.52. The fourth-order valence-corrected chi connectivity index (χ4v) is 3.38. The lowest BCUT2D eigenvalue weighted by molar-refractivity contribution is 0.0918. The van der Waals surface area contributed by atoms with E-state index in [-0.39, 0.29) is 11.9 Å². The van der Waals surface area contributed by atoms with Crippen molar-refractivity contribution in [3.63, 3.8) is 0 Å². The molecule has 1 aromatic heterocycles. The van der Waals surface area contributed by atoms with Gasteiger partial charge in [0.25, 0.3) is 5.91 Å². The molecule has 0 radical (unpaired) electrons. The molecule has 1 amide bonds. The van der Waals surface area contributed by atoms with Gasteiger partial charge in [-0.1, -0.05) is 39.5 Å². The van der Waals surface area contributed by atoms with Crippen molar-refractivity contribution in [2.75, 3.05) is 19.6 Å². The van der Waals surface area contributed by atoms with E-state index >= 15 is 0 Å². The summed E-state index contributed by atoms with van der Waals surface area (Å²) in [6.45, 7) is 9.68. The molecule has 5 nitrogen and oxygen atoms in total. The number of hydrogen-bond acceptors (Lipinski definition) is 3. The largest absolute Gasteiger partial charge is 0.347 e. The molecule has 0 bridgehead atoms. The Hall–Kier alpha value is -0.880. The maximum Gasteiger partial charge on any atom is 0.270 e. The maximum absolute atomic E-state index is 12.4. The molecule has 1 rings (SSSR count). The van der Waals surface area contributed by atoms with Crippen molar-refractivity contribution < 1.29 is 4.79 Å². The number of halogens is 1. The van der Waals surface area contributed by atoms with Crippen LogP contribution in [0.15, 0.2) is 10.7 Å². The lowest BCUT2D eigenvalue weighted by Crippen LogP contribution is -2.43. The standard InChI is InChI=1S/C18H33BrN4O/c1-5-7-9-11-23(12-10-8-6-2)14-15(3)21-18(24)17-16(19)13-20-22(17)4/h13,15H,5-12,14H2,1-4H3,(H,21,24). The minimum Gasteiger partial charge on any atom is -0.347 e. The molecule has 0 spiro atoms. The molecule has 1 atom stereocenters. The molecular formula is C18H33BrN4O. The van der Waals surface area contributed by atoms with Gasteiger partial charge in [-0.05, 0) is 48.8 Å². The Bertz CT molecular complexity index is 460. The monoisotopic (exact) mass is 400 g/mol. The summed E-state index contributed by atoms with van der Waals surface area (Å²) in [7, 11) is 1.78. The first-order valence-electron chi connectivity index (χ1n) is 9.20. The SMILES string of the molecule is CCCCCN(CCCCC)CC(C)NC(=O)c1c(Br)cnn1C. The first kappa shape index (κ1) is 21.2. The number of nitrogens with zero attached hydrogens (tertiary/aromatic N) is 3. The van der Waals surface area contributed by atoms with Crippen molar-refractivity contribution in [1.82, 2.24) is 20.0 Å².